The lowest BCUT2D eigenvalue weighted by atomic mass is 10.2. The van der Waals surface area contributed by atoms with E-state index in [4.69, 9.17) is 14.6 Å². The average molecular weight is 627 g/mol. The average Bonchev–Trinajstić information content (AvgIpc) is 3.23. The molecule has 1 aliphatic heterocycles. The van der Waals surface area contributed by atoms with E-state index < -0.39 is 17.8 Å². The van der Waals surface area contributed by atoms with Crippen LogP contribution in [0.25, 0.3) is 0 Å². The molecule has 0 aliphatic carbocycles. The lowest BCUT2D eigenvalue weighted by Crippen LogP contribution is -2.33. The third-order valence-electron chi connectivity index (χ3n) is 5.43. The van der Waals surface area contributed by atoms with Crippen LogP contribution in [0.3, 0.4) is 0 Å². The van der Waals surface area contributed by atoms with Gasteiger partial charge in [0.15, 0.2) is 23.3 Å². The standard InChI is InChI=1S/C27H23BrN4O7S/c1-38-22-12-16(2-11-21(22)39-15-25(35)36)14-29-31-27-32(19-7-9-20(33)10-8-19)26(37)23(40-27)13-24(34)30-18-5-3-17(28)4-6-18/h2-12,14,23,33H,13,15H2,1H3,(H,30,34)(H,35,36)/b29-14+,31-27+. The first kappa shape index (κ1) is 28.6. The van der Waals surface area contributed by atoms with E-state index in [-0.39, 0.29) is 34.9 Å². The molecular weight excluding hydrogens is 604 g/mol. The zero-order valence-electron chi connectivity index (χ0n) is 21.0. The van der Waals surface area contributed by atoms with Gasteiger partial charge in [-0.25, -0.2) is 4.79 Å². The number of amidine groups is 1. The zero-order valence-corrected chi connectivity index (χ0v) is 23.4. The van der Waals surface area contributed by atoms with Crippen molar-refractivity contribution in [1.82, 2.24) is 0 Å². The number of nitrogens with one attached hydrogen (secondary N) is 1. The summed E-state index contributed by atoms with van der Waals surface area (Å²) in [4.78, 5) is 38.2. The maximum atomic E-state index is 13.3. The number of rotatable bonds is 10. The molecule has 206 valence electrons. The van der Waals surface area contributed by atoms with Gasteiger partial charge in [-0.15, -0.1) is 5.10 Å². The fraction of sp³-hybridized carbons (Fsp3) is 0.148. The lowest BCUT2D eigenvalue weighted by Gasteiger charge is -2.16. The van der Waals surface area contributed by atoms with Crippen molar-refractivity contribution >= 4 is 68.2 Å². The van der Waals surface area contributed by atoms with Crippen LogP contribution in [0.2, 0.25) is 0 Å². The summed E-state index contributed by atoms with van der Waals surface area (Å²) >= 11 is 4.45. The van der Waals surface area contributed by atoms with E-state index in [2.05, 4.69) is 31.4 Å². The summed E-state index contributed by atoms with van der Waals surface area (Å²) in [7, 11) is 1.42. The predicted octanol–water partition coefficient (Wildman–Crippen LogP) is 4.49. The first-order valence-electron chi connectivity index (χ1n) is 11.7. The second kappa shape index (κ2) is 13.1. The summed E-state index contributed by atoms with van der Waals surface area (Å²) in [5.74, 6) is -1.19. The van der Waals surface area contributed by atoms with Crippen LogP contribution in [-0.2, 0) is 14.4 Å². The molecule has 0 saturated carbocycles. The highest BCUT2D eigenvalue weighted by molar-refractivity contribution is 9.10. The summed E-state index contributed by atoms with van der Waals surface area (Å²) in [5, 5.41) is 29.2. The minimum Gasteiger partial charge on any atom is -0.508 e. The molecule has 1 heterocycles. The molecule has 2 amide bonds. The SMILES string of the molecule is COc1cc(/C=N/N=C2/SC(CC(=O)Nc3ccc(Br)cc3)C(=O)N2c2ccc(O)cc2)ccc1OCC(=O)O. The molecular formula is C27H23BrN4O7S. The number of benzene rings is 3. The van der Waals surface area contributed by atoms with Crippen molar-refractivity contribution in [2.75, 3.05) is 23.9 Å². The molecule has 3 N–H and O–H groups in total. The number of amides is 2. The van der Waals surface area contributed by atoms with Crippen molar-refractivity contribution in [2.45, 2.75) is 11.7 Å². The number of carbonyl (C=O) groups is 3. The summed E-state index contributed by atoms with van der Waals surface area (Å²) in [6.07, 6.45) is 1.34. The Bertz CT molecular complexity index is 1460. The van der Waals surface area contributed by atoms with E-state index in [9.17, 15) is 19.5 Å². The summed E-state index contributed by atoms with van der Waals surface area (Å²) in [6.45, 7) is -0.516. The molecule has 13 heteroatoms. The molecule has 1 fully saturated rings. The Morgan fingerprint density at radius 2 is 1.82 bits per heavy atom. The zero-order chi connectivity index (χ0) is 28.6. The van der Waals surface area contributed by atoms with Gasteiger partial charge in [0.25, 0.3) is 0 Å². The van der Waals surface area contributed by atoms with Gasteiger partial charge in [0.2, 0.25) is 11.8 Å². The Balaban J connectivity index is 1.53. The molecule has 3 aromatic carbocycles. The Morgan fingerprint density at radius 1 is 1.10 bits per heavy atom. The van der Waals surface area contributed by atoms with Crippen LogP contribution in [0.4, 0.5) is 11.4 Å². The number of carboxylic acids is 1. The second-order valence-corrected chi connectivity index (χ2v) is 10.4. The van der Waals surface area contributed by atoms with Crippen LogP contribution < -0.4 is 19.7 Å². The topological polar surface area (TPSA) is 150 Å². The molecule has 1 saturated heterocycles. The van der Waals surface area contributed by atoms with Gasteiger partial charge in [0.05, 0.1) is 19.0 Å². The van der Waals surface area contributed by atoms with Gasteiger partial charge >= 0.3 is 5.97 Å². The van der Waals surface area contributed by atoms with E-state index in [1.807, 2.05) is 0 Å². The minimum atomic E-state index is -1.12. The van der Waals surface area contributed by atoms with Crippen LogP contribution in [0, 0.1) is 0 Å². The third-order valence-corrected chi connectivity index (χ3v) is 7.09. The number of anilines is 2. The number of hydrogen-bond acceptors (Lipinski definition) is 9. The molecule has 11 nitrogen and oxygen atoms in total. The fourth-order valence-electron chi connectivity index (χ4n) is 3.59. The number of carbonyl (C=O) groups excluding carboxylic acids is 2. The summed E-state index contributed by atoms with van der Waals surface area (Å²) in [5.41, 5.74) is 1.65. The van der Waals surface area contributed by atoms with Gasteiger partial charge < -0.3 is 25.0 Å². The quantitative estimate of drug-likeness (QED) is 0.220. The molecule has 3 aromatic rings. The van der Waals surface area contributed by atoms with E-state index in [0.29, 0.717) is 22.7 Å². The van der Waals surface area contributed by atoms with Crippen LogP contribution in [0.1, 0.15) is 12.0 Å². The van der Waals surface area contributed by atoms with Gasteiger partial charge in [0.1, 0.15) is 11.0 Å². The summed E-state index contributed by atoms with van der Waals surface area (Å²) in [6, 6.07) is 17.9. The number of methoxy groups -OCH3 is 1. The smallest absolute Gasteiger partial charge is 0.341 e. The van der Waals surface area contributed by atoms with Crippen molar-refractivity contribution < 1.29 is 34.1 Å². The van der Waals surface area contributed by atoms with Crippen molar-refractivity contribution in [3.05, 3.63) is 76.8 Å². The molecule has 0 aromatic heterocycles. The number of nitrogens with zero attached hydrogens (tertiary/aromatic N) is 3. The number of carboxylic acid groups (broad SMARTS) is 1. The fourth-order valence-corrected chi connectivity index (χ4v) is 4.94. The molecule has 40 heavy (non-hydrogen) atoms. The van der Waals surface area contributed by atoms with E-state index >= 15 is 0 Å². The molecule has 1 aliphatic rings. The predicted molar refractivity (Wildman–Crippen MR) is 156 cm³/mol. The number of ether oxygens (including phenoxy) is 2. The lowest BCUT2D eigenvalue weighted by molar-refractivity contribution is -0.139. The minimum absolute atomic E-state index is 0.0368. The van der Waals surface area contributed by atoms with Crippen LogP contribution in [0.5, 0.6) is 17.2 Å². The van der Waals surface area contributed by atoms with Gasteiger partial charge in [0, 0.05) is 16.6 Å². The van der Waals surface area contributed by atoms with Crippen LogP contribution in [0.15, 0.2) is 81.4 Å². The molecule has 0 spiro atoms. The number of phenols is 1. The monoisotopic (exact) mass is 626 g/mol. The van der Waals surface area contributed by atoms with Crippen molar-refractivity contribution in [1.29, 1.82) is 0 Å². The van der Waals surface area contributed by atoms with Crippen molar-refractivity contribution in [2.24, 2.45) is 10.2 Å². The maximum Gasteiger partial charge on any atom is 0.341 e. The highest BCUT2D eigenvalue weighted by atomic mass is 79.9. The van der Waals surface area contributed by atoms with Crippen LogP contribution in [-0.4, -0.2) is 58.3 Å². The number of halogens is 1. The number of thioether (sulfide) groups is 1. The first-order valence-corrected chi connectivity index (χ1v) is 13.4. The van der Waals surface area contributed by atoms with Gasteiger partial charge in [-0.1, -0.05) is 27.7 Å². The molecule has 0 bridgehead atoms. The normalized spacial score (nSPS) is 15.9. The molecule has 1 atom stereocenters. The Labute approximate surface area is 241 Å². The van der Waals surface area contributed by atoms with Gasteiger partial charge in [-0.2, -0.15) is 5.10 Å². The number of aliphatic carboxylic acids is 1. The third kappa shape index (κ3) is 7.39. The van der Waals surface area contributed by atoms with E-state index in [0.717, 1.165) is 16.2 Å². The largest absolute Gasteiger partial charge is 0.508 e. The maximum absolute atomic E-state index is 13.3. The highest BCUT2D eigenvalue weighted by Gasteiger charge is 2.40. The number of phenolic OH excluding ortho intramolecular Hbond substituents is 1. The number of aromatic hydroxyl groups is 1. The molecule has 0 radical (unpaired) electrons. The highest BCUT2D eigenvalue weighted by Crippen LogP contribution is 2.35. The Kier molecular flexibility index (Phi) is 9.40. The Hall–Kier alpha value is -4.36. The first-order chi connectivity index (χ1) is 19.2. The van der Waals surface area contributed by atoms with Crippen molar-refractivity contribution in [3.63, 3.8) is 0 Å². The summed E-state index contributed by atoms with van der Waals surface area (Å²) < 4.78 is 11.3. The van der Waals surface area contributed by atoms with Crippen LogP contribution >= 0.6 is 27.7 Å². The second-order valence-electron chi connectivity index (χ2n) is 8.28. The van der Waals surface area contributed by atoms with E-state index in [1.165, 1.54) is 30.4 Å². The van der Waals surface area contributed by atoms with Gasteiger partial charge in [-0.05, 0) is 72.3 Å². The molecule has 1 unspecified atom stereocenters. The molecule has 4 rings (SSSR count). The van der Waals surface area contributed by atoms with Crippen molar-refractivity contribution in [3.8, 4) is 17.2 Å². The Morgan fingerprint density at radius 3 is 2.50 bits per heavy atom. The van der Waals surface area contributed by atoms with Gasteiger partial charge in [-0.3, -0.25) is 14.5 Å². The van der Waals surface area contributed by atoms with E-state index in [1.54, 1.807) is 54.6 Å². The number of hydrogen-bond donors (Lipinski definition) is 3.